The highest BCUT2D eigenvalue weighted by Gasteiger charge is 1.87. The second-order valence-corrected chi connectivity index (χ2v) is 2.99. The van der Waals surface area contributed by atoms with Gasteiger partial charge in [-0.2, -0.15) is 0 Å². The predicted molar refractivity (Wildman–Crippen MR) is 53.2 cm³/mol. The van der Waals surface area contributed by atoms with Gasteiger partial charge in [-0.25, -0.2) is 4.98 Å². The molecule has 1 aromatic rings. The van der Waals surface area contributed by atoms with Crippen molar-refractivity contribution >= 4 is 17.7 Å². The Morgan fingerprint density at radius 3 is 2.92 bits per heavy atom. The molecular weight excluding hydrogens is 170 g/mol. The van der Waals surface area contributed by atoms with E-state index in [1.54, 1.807) is 12.3 Å². The van der Waals surface area contributed by atoms with E-state index in [9.17, 15) is 0 Å². The lowest BCUT2D eigenvalue weighted by atomic mass is 10.2. The Bertz CT molecular complexity index is 251. The highest BCUT2D eigenvalue weighted by Crippen LogP contribution is 2.07. The van der Waals surface area contributed by atoms with Crippen molar-refractivity contribution in [1.82, 2.24) is 4.98 Å². The van der Waals surface area contributed by atoms with E-state index in [2.05, 4.69) is 24.1 Å². The van der Waals surface area contributed by atoms with Crippen molar-refractivity contribution in [3.63, 3.8) is 0 Å². The van der Waals surface area contributed by atoms with Gasteiger partial charge in [0.05, 0.1) is 0 Å². The fourth-order valence-electron chi connectivity index (χ4n) is 0.872. The fourth-order valence-corrected chi connectivity index (χ4v) is 0.984. The van der Waals surface area contributed by atoms with Gasteiger partial charge in [-0.1, -0.05) is 43.2 Å². The predicted octanol–water partition coefficient (Wildman–Crippen LogP) is 3.55. The van der Waals surface area contributed by atoms with E-state index in [0.29, 0.717) is 5.15 Å². The zero-order valence-electron chi connectivity index (χ0n) is 7.13. The Hall–Kier alpha value is -0.820. The highest BCUT2D eigenvalue weighted by atomic mass is 35.5. The number of hydrogen-bond acceptors (Lipinski definition) is 1. The van der Waals surface area contributed by atoms with Crippen molar-refractivity contribution in [3.05, 3.63) is 35.1 Å². The molecule has 0 bridgehead atoms. The molecule has 0 fully saturated rings. The van der Waals surface area contributed by atoms with Gasteiger partial charge in [0.25, 0.3) is 0 Å². The quantitative estimate of drug-likeness (QED) is 0.650. The molecule has 1 nitrogen and oxygen atoms in total. The number of unbranched alkanes of at least 4 members (excludes halogenated alkanes) is 1. The molecule has 0 unspecified atom stereocenters. The smallest absolute Gasteiger partial charge is 0.129 e. The molecule has 64 valence electrons. The summed E-state index contributed by atoms with van der Waals surface area (Å²) in [5, 5.41) is 0.544. The largest absolute Gasteiger partial charge is 0.244 e. The zero-order chi connectivity index (χ0) is 8.81. The lowest BCUT2D eigenvalue weighted by Crippen LogP contribution is -1.75. The zero-order valence-corrected chi connectivity index (χ0v) is 7.88. The molecular formula is C10H12ClN. The maximum atomic E-state index is 5.64. The SMILES string of the molecule is CCC/C=C/c1ccc(Cl)nc1. The van der Waals surface area contributed by atoms with Gasteiger partial charge in [0, 0.05) is 6.20 Å². The third kappa shape index (κ3) is 3.05. The molecule has 0 saturated carbocycles. The van der Waals surface area contributed by atoms with Gasteiger partial charge in [0.15, 0.2) is 0 Å². The summed E-state index contributed by atoms with van der Waals surface area (Å²) < 4.78 is 0. The number of nitrogens with zero attached hydrogens (tertiary/aromatic N) is 1. The Balaban J connectivity index is 2.58. The van der Waals surface area contributed by atoms with E-state index in [1.807, 2.05) is 6.07 Å². The molecule has 0 aliphatic heterocycles. The summed E-state index contributed by atoms with van der Waals surface area (Å²) in [6.45, 7) is 2.16. The topological polar surface area (TPSA) is 12.9 Å². The van der Waals surface area contributed by atoms with Crippen LogP contribution in [0.1, 0.15) is 25.3 Å². The molecule has 2 heteroatoms. The first-order valence-electron chi connectivity index (χ1n) is 4.11. The van der Waals surface area contributed by atoms with Crippen LogP contribution in [-0.4, -0.2) is 4.98 Å². The molecule has 1 aromatic heterocycles. The van der Waals surface area contributed by atoms with E-state index < -0.39 is 0 Å². The summed E-state index contributed by atoms with van der Waals surface area (Å²) in [7, 11) is 0. The first-order chi connectivity index (χ1) is 5.83. The lowest BCUT2D eigenvalue weighted by molar-refractivity contribution is 0.962. The monoisotopic (exact) mass is 181 g/mol. The van der Waals surface area contributed by atoms with Crippen LogP contribution in [0.15, 0.2) is 24.4 Å². The maximum Gasteiger partial charge on any atom is 0.129 e. The van der Waals surface area contributed by atoms with E-state index in [1.165, 1.54) is 6.42 Å². The normalized spacial score (nSPS) is 10.8. The standard InChI is InChI=1S/C10H12ClN/c1-2-3-4-5-9-6-7-10(11)12-8-9/h4-8H,2-3H2,1H3/b5-4+. The van der Waals surface area contributed by atoms with Crippen LogP contribution in [0.4, 0.5) is 0 Å². The molecule has 0 aromatic carbocycles. The molecule has 0 spiro atoms. The minimum atomic E-state index is 0.544. The second-order valence-electron chi connectivity index (χ2n) is 2.61. The van der Waals surface area contributed by atoms with Crippen LogP contribution in [0.5, 0.6) is 0 Å². The molecule has 0 atom stereocenters. The van der Waals surface area contributed by atoms with Crippen molar-refractivity contribution in [3.8, 4) is 0 Å². The molecule has 1 heterocycles. The number of allylic oxidation sites excluding steroid dienone is 1. The van der Waals surface area contributed by atoms with Crippen LogP contribution in [0.3, 0.4) is 0 Å². The van der Waals surface area contributed by atoms with Crippen LogP contribution in [-0.2, 0) is 0 Å². The van der Waals surface area contributed by atoms with Gasteiger partial charge in [-0.3, -0.25) is 0 Å². The average molecular weight is 182 g/mol. The summed E-state index contributed by atoms with van der Waals surface area (Å²) in [5.41, 5.74) is 1.10. The van der Waals surface area contributed by atoms with Crippen molar-refractivity contribution in [2.75, 3.05) is 0 Å². The lowest BCUT2D eigenvalue weighted by Gasteiger charge is -1.91. The molecule has 0 aliphatic carbocycles. The third-order valence-electron chi connectivity index (χ3n) is 1.52. The first-order valence-corrected chi connectivity index (χ1v) is 4.49. The summed E-state index contributed by atoms with van der Waals surface area (Å²) in [6, 6.07) is 3.76. The van der Waals surface area contributed by atoms with Crippen LogP contribution in [0.2, 0.25) is 5.15 Å². The molecule has 0 radical (unpaired) electrons. The minimum absolute atomic E-state index is 0.544. The van der Waals surface area contributed by atoms with Crippen LogP contribution < -0.4 is 0 Å². The van der Waals surface area contributed by atoms with Gasteiger partial charge < -0.3 is 0 Å². The van der Waals surface area contributed by atoms with Crippen molar-refractivity contribution in [1.29, 1.82) is 0 Å². The number of pyridine rings is 1. The van der Waals surface area contributed by atoms with Gasteiger partial charge in [-0.05, 0) is 18.1 Å². The summed E-state index contributed by atoms with van der Waals surface area (Å²) in [6.07, 6.45) is 8.27. The molecule has 0 N–H and O–H groups in total. The Morgan fingerprint density at radius 2 is 2.33 bits per heavy atom. The Labute approximate surface area is 78.1 Å². The number of rotatable bonds is 3. The van der Waals surface area contributed by atoms with Crippen LogP contribution in [0.25, 0.3) is 6.08 Å². The highest BCUT2D eigenvalue weighted by molar-refractivity contribution is 6.29. The number of hydrogen-bond donors (Lipinski definition) is 0. The summed E-state index contributed by atoms with van der Waals surface area (Å²) >= 11 is 5.64. The Morgan fingerprint density at radius 1 is 1.50 bits per heavy atom. The van der Waals surface area contributed by atoms with Gasteiger partial charge in [-0.15, -0.1) is 0 Å². The van der Waals surface area contributed by atoms with Crippen molar-refractivity contribution in [2.45, 2.75) is 19.8 Å². The van der Waals surface area contributed by atoms with Crippen LogP contribution >= 0.6 is 11.6 Å². The third-order valence-corrected chi connectivity index (χ3v) is 1.74. The van der Waals surface area contributed by atoms with Gasteiger partial charge >= 0.3 is 0 Å². The van der Waals surface area contributed by atoms with Crippen LogP contribution in [0, 0.1) is 0 Å². The summed E-state index contributed by atoms with van der Waals surface area (Å²) in [5.74, 6) is 0. The number of halogens is 1. The molecule has 0 aliphatic rings. The molecule has 0 saturated heterocycles. The average Bonchev–Trinajstić information content (AvgIpc) is 2.09. The van der Waals surface area contributed by atoms with E-state index in [0.717, 1.165) is 12.0 Å². The Kier molecular flexibility index (Phi) is 3.81. The van der Waals surface area contributed by atoms with Gasteiger partial charge in [0.2, 0.25) is 0 Å². The summed E-state index contributed by atoms with van der Waals surface area (Å²) in [4.78, 5) is 3.97. The molecule has 1 rings (SSSR count). The van der Waals surface area contributed by atoms with Crippen molar-refractivity contribution in [2.24, 2.45) is 0 Å². The van der Waals surface area contributed by atoms with E-state index in [-0.39, 0.29) is 0 Å². The first kappa shape index (κ1) is 9.27. The van der Waals surface area contributed by atoms with E-state index >= 15 is 0 Å². The van der Waals surface area contributed by atoms with Crippen molar-refractivity contribution < 1.29 is 0 Å². The van der Waals surface area contributed by atoms with E-state index in [4.69, 9.17) is 11.6 Å². The maximum absolute atomic E-state index is 5.64. The minimum Gasteiger partial charge on any atom is -0.244 e. The molecule has 0 amide bonds. The molecule has 12 heavy (non-hydrogen) atoms. The second kappa shape index (κ2) is 4.94. The van der Waals surface area contributed by atoms with Gasteiger partial charge in [0.1, 0.15) is 5.15 Å². The number of aromatic nitrogens is 1. The fraction of sp³-hybridized carbons (Fsp3) is 0.300.